The van der Waals surface area contributed by atoms with Crippen molar-refractivity contribution in [3.05, 3.63) is 48.0 Å². The maximum Gasteiger partial charge on any atom is 0.148 e. The summed E-state index contributed by atoms with van der Waals surface area (Å²) in [6.07, 6.45) is 0.713. The van der Waals surface area contributed by atoms with Crippen molar-refractivity contribution >= 4 is 16.6 Å². The third kappa shape index (κ3) is 2.08. The van der Waals surface area contributed by atoms with Crippen LogP contribution in [0.5, 0.6) is 0 Å². The van der Waals surface area contributed by atoms with Crippen molar-refractivity contribution in [3.63, 3.8) is 0 Å². The second-order valence-corrected chi connectivity index (χ2v) is 4.64. The first kappa shape index (κ1) is 10.5. The molecule has 3 rings (SSSR count). The summed E-state index contributed by atoms with van der Waals surface area (Å²) in [5.74, 6) is 0.366. The van der Waals surface area contributed by atoms with Crippen LogP contribution in [0.4, 0.5) is 0 Å². The summed E-state index contributed by atoms with van der Waals surface area (Å²) >= 11 is 0. The van der Waals surface area contributed by atoms with Gasteiger partial charge in [0.2, 0.25) is 0 Å². The quantitative estimate of drug-likeness (QED) is 0.783. The Labute approximate surface area is 101 Å². The third-order valence-electron chi connectivity index (χ3n) is 3.38. The molecule has 1 aliphatic rings. The number of ketones is 1. The molecule has 1 fully saturated rings. The molecule has 2 nitrogen and oxygen atoms in total. The summed E-state index contributed by atoms with van der Waals surface area (Å²) in [6, 6.07) is 14.8. The first-order chi connectivity index (χ1) is 8.33. The van der Waals surface area contributed by atoms with Crippen LogP contribution < -0.4 is 0 Å². The van der Waals surface area contributed by atoms with E-state index >= 15 is 0 Å². The molecule has 0 aromatic heterocycles. The molecule has 0 saturated carbocycles. The number of carbonyl (C=O) groups is 1. The molecule has 86 valence electrons. The minimum absolute atomic E-state index is 0.366. The van der Waals surface area contributed by atoms with Gasteiger partial charge in [-0.2, -0.15) is 0 Å². The topological polar surface area (TPSA) is 20.3 Å². The molecular weight excluding hydrogens is 210 g/mol. The zero-order valence-corrected chi connectivity index (χ0v) is 9.73. The summed E-state index contributed by atoms with van der Waals surface area (Å²) in [4.78, 5) is 13.5. The number of hydrogen-bond acceptors (Lipinski definition) is 2. The van der Waals surface area contributed by atoms with Gasteiger partial charge in [0.25, 0.3) is 0 Å². The van der Waals surface area contributed by atoms with Crippen molar-refractivity contribution < 1.29 is 4.79 Å². The maximum absolute atomic E-state index is 11.3. The number of fused-ring (bicyclic) bond motifs is 1. The molecule has 1 heterocycles. The van der Waals surface area contributed by atoms with E-state index in [1.807, 2.05) is 0 Å². The van der Waals surface area contributed by atoms with Crippen molar-refractivity contribution in [3.8, 4) is 0 Å². The highest BCUT2D eigenvalue weighted by Gasteiger charge is 2.19. The van der Waals surface area contributed by atoms with Crippen LogP contribution in [-0.2, 0) is 11.3 Å². The standard InChI is InChI=1S/C15H15NO/c17-14-8-9-16(11-14)10-13-6-3-5-12-4-1-2-7-15(12)13/h1-7H,8-11H2. The Hall–Kier alpha value is -1.67. The molecule has 0 radical (unpaired) electrons. The Balaban J connectivity index is 1.92. The second kappa shape index (κ2) is 4.30. The van der Waals surface area contributed by atoms with Crippen LogP contribution in [0.3, 0.4) is 0 Å². The Bertz CT molecular complexity index is 556. The molecule has 0 atom stereocenters. The highest BCUT2D eigenvalue weighted by molar-refractivity contribution is 5.86. The minimum atomic E-state index is 0.366. The van der Waals surface area contributed by atoms with Gasteiger partial charge >= 0.3 is 0 Å². The van der Waals surface area contributed by atoms with Crippen LogP contribution in [0.15, 0.2) is 42.5 Å². The van der Waals surface area contributed by atoms with Gasteiger partial charge in [0.1, 0.15) is 5.78 Å². The van der Waals surface area contributed by atoms with Gasteiger partial charge in [-0.05, 0) is 16.3 Å². The summed E-state index contributed by atoms with van der Waals surface area (Å²) in [6.45, 7) is 2.40. The summed E-state index contributed by atoms with van der Waals surface area (Å²) in [5, 5.41) is 2.57. The smallest absolute Gasteiger partial charge is 0.148 e. The predicted molar refractivity (Wildman–Crippen MR) is 68.8 cm³/mol. The van der Waals surface area contributed by atoms with Crippen LogP contribution in [0.2, 0.25) is 0 Å². The van der Waals surface area contributed by atoms with E-state index in [1.54, 1.807) is 0 Å². The lowest BCUT2D eigenvalue weighted by Gasteiger charge is -2.15. The van der Waals surface area contributed by atoms with Crippen molar-refractivity contribution in [2.24, 2.45) is 0 Å². The van der Waals surface area contributed by atoms with Gasteiger partial charge in [-0.1, -0.05) is 42.5 Å². The van der Waals surface area contributed by atoms with Crippen LogP contribution in [0, 0.1) is 0 Å². The molecule has 0 N–H and O–H groups in total. The molecule has 0 amide bonds. The van der Waals surface area contributed by atoms with E-state index in [2.05, 4.69) is 47.4 Å². The molecule has 0 spiro atoms. The zero-order chi connectivity index (χ0) is 11.7. The monoisotopic (exact) mass is 225 g/mol. The van der Waals surface area contributed by atoms with E-state index in [4.69, 9.17) is 0 Å². The lowest BCUT2D eigenvalue weighted by atomic mass is 10.0. The highest BCUT2D eigenvalue weighted by atomic mass is 16.1. The molecule has 0 aliphatic carbocycles. The number of likely N-dealkylation sites (tertiary alicyclic amines) is 1. The van der Waals surface area contributed by atoms with Gasteiger partial charge in [0.05, 0.1) is 6.54 Å². The van der Waals surface area contributed by atoms with Gasteiger partial charge in [-0.3, -0.25) is 9.69 Å². The summed E-state index contributed by atoms with van der Waals surface area (Å²) in [5.41, 5.74) is 1.32. The lowest BCUT2D eigenvalue weighted by Crippen LogP contribution is -2.20. The number of nitrogens with zero attached hydrogens (tertiary/aromatic N) is 1. The Morgan fingerprint density at radius 3 is 2.71 bits per heavy atom. The van der Waals surface area contributed by atoms with E-state index in [-0.39, 0.29) is 0 Å². The molecule has 0 unspecified atom stereocenters. The minimum Gasteiger partial charge on any atom is -0.298 e. The normalized spacial score (nSPS) is 16.8. The summed E-state index contributed by atoms with van der Waals surface area (Å²) < 4.78 is 0. The fraction of sp³-hybridized carbons (Fsp3) is 0.267. The molecule has 17 heavy (non-hydrogen) atoms. The first-order valence-electron chi connectivity index (χ1n) is 6.03. The Morgan fingerprint density at radius 1 is 1.06 bits per heavy atom. The Kier molecular flexibility index (Phi) is 2.65. The van der Waals surface area contributed by atoms with Crippen molar-refractivity contribution in [1.29, 1.82) is 0 Å². The molecule has 0 bridgehead atoms. The number of hydrogen-bond donors (Lipinski definition) is 0. The number of rotatable bonds is 2. The Morgan fingerprint density at radius 2 is 1.88 bits per heavy atom. The summed E-state index contributed by atoms with van der Waals surface area (Å²) in [7, 11) is 0. The van der Waals surface area contributed by atoms with Gasteiger partial charge in [0.15, 0.2) is 0 Å². The molecule has 2 heteroatoms. The average molecular weight is 225 g/mol. The highest BCUT2D eigenvalue weighted by Crippen LogP contribution is 2.21. The van der Waals surface area contributed by atoms with E-state index < -0.39 is 0 Å². The molecule has 1 aliphatic heterocycles. The van der Waals surface area contributed by atoms with Gasteiger partial charge in [-0.15, -0.1) is 0 Å². The predicted octanol–water partition coefficient (Wildman–Crippen LogP) is 2.61. The number of carbonyl (C=O) groups excluding carboxylic acids is 1. The molecular formula is C15H15NO. The van der Waals surface area contributed by atoms with Crippen LogP contribution in [0.25, 0.3) is 10.8 Å². The largest absolute Gasteiger partial charge is 0.298 e. The van der Waals surface area contributed by atoms with E-state index in [1.165, 1.54) is 16.3 Å². The van der Waals surface area contributed by atoms with Gasteiger partial charge < -0.3 is 0 Å². The number of Topliss-reactive ketones (excluding diaryl/α,β-unsaturated/α-hetero) is 1. The third-order valence-corrected chi connectivity index (χ3v) is 3.38. The van der Waals surface area contributed by atoms with E-state index in [0.717, 1.165) is 13.1 Å². The fourth-order valence-electron chi connectivity index (χ4n) is 2.50. The van der Waals surface area contributed by atoms with Gasteiger partial charge in [0, 0.05) is 19.5 Å². The second-order valence-electron chi connectivity index (χ2n) is 4.64. The van der Waals surface area contributed by atoms with E-state index in [0.29, 0.717) is 18.7 Å². The maximum atomic E-state index is 11.3. The van der Waals surface area contributed by atoms with Crippen molar-refractivity contribution in [2.45, 2.75) is 13.0 Å². The van der Waals surface area contributed by atoms with E-state index in [9.17, 15) is 4.79 Å². The van der Waals surface area contributed by atoms with Crippen LogP contribution in [0.1, 0.15) is 12.0 Å². The fourth-order valence-corrected chi connectivity index (χ4v) is 2.50. The van der Waals surface area contributed by atoms with Crippen molar-refractivity contribution in [1.82, 2.24) is 4.90 Å². The lowest BCUT2D eigenvalue weighted by molar-refractivity contribution is -0.116. The number of benzene rings is 2. The van der Waals surface area contributed by atoms with Crippen molar-refractivity contribution in [2.75, 3.05) is 13.1 Å². The van der Waals surface area contributed by atoms with Crippen LogP contribution in [-0.4, -0.2) is 23.8 Å². The van der Waals surface area contributed by atoms with Crippen LogP contribution >= 0.6 is 0 Å². The molecule has 1 saturated heterocycles. The average Bonchev–Trinajstić information content (AvgIpc) is 2.75. The molecule has 2 aromatic rings. The first-order valence-corrected chi connectivity index (χ1v) is 6.03. The zero-order valence-electron chi connectivity index (χ0n) is 9.73. The molecule has 2 aromatic carbocycles. The SMILES string of the molecule is O=C1CCN(Cc2cccc3ccccc23)C1. The van der Waals surface area contributed by atoms with Gasteiger partial charge in [-0.25, -0.2) is 0 Å².